The maximum Gasteiger partial charge on any atom is 0.143 e. The van der Waals surface area contributed by atoms with E-state index in [-0.39, 0.29) is 11.3 Å². The Morgan fingerprint density at radius 1 is 1.25 bits per heavy atom. The molecular weight excluding hydrogens is 336 g/mol. The van der Waals surface area contributed by atoms with Gasteiger partial charge in [-0.3, -0.25) is 0 Å². The molecule has 1 aromatic carbocycles. The van der Waals surface area contributed by atoms with Gasteiger partial charge < -0.3 is 10.5 Å². The summed E-state index contributed by atoms with van der Waals surface area (Å²) in [6.07, 6.45) is 1.71. The molecule has 2 N–H and O–H groups in total. The Morgan fingerprint density at radius 3 is 2.19 bits per heavy atom. The highest BCUT2D eigenvalue weighted by Gasteiger charge is 2.07. The van der Waals surface area contributed by atoms with E-state index in [2.05, 4.69) is 42.4 Å². The molecule has 0 amide bonds. The van der Waals surface area contributed by atoms with E-state index < -0.39 is 0 Å². The van der Waals surface area contributed by atoms with E-state index in [0.29, 0.717) is 8.95 Å². The van der Waals surface area contributed by atoms with Crippen LogP contribution in [0, 0.1) is 0 Å². The van der Waals surface area contributed by atoms with Gasteiger partial charge in [0.1, 0.15) is 5.75 Å². The van der Waals surface area contributed by atoms with E-state index in [1.807, 2.05) is 20.8 Å². The Morgan fingerprint density at radius 2 is 1.75 bits per heavy atom. The maximum absolute atomic E-state index is 9.53. The molecule has 3 nitrogen and oxygen atoms in total. The Hall–Kier alpha value is -0.550. The lowest BCUT2D eigenvalue weighted by atomic mass is 10.1. The van der Waals surface area contributed by atoms with Gasteiger partial charge in [-0.05, 0) is 70.3 Å². The fourth-order valence-corrected chi connectivity index (χ4v) is 2.18. The number of benzene rings is 1. The summed E-state index contributed by atoms with van der Waals surface area (Å²) in [7, 11) is 0. The Balaban J connectivity index is 2.83. The monoisotopic (exact) mass is 348 g/mol. The average Bonchev–Trinajstić information content (AvgIpc) is 2.12. The normalized spacial score (nSPS) is 12.1. The van der Waals surface area contributed by atoms with Crippen LogP contribution in [0.2, 0.25) is 0 Å². The van der Waals surface area contributed by atoms with Gasteiger partial charge in [-0.25, -0.2) is 0 Å². The first kappa shape index (κ1) is 13.5. The molecule has 0 spiro atoms. The minimum Gasteiger partial charge on any atom is -0.506 e. The summed E-state index contributed by atoms with van der Waals surface area (Å²) in [5.41, 5.74) is 3.84. The van der Waals surface area contributed by atoms with Crippen LogP contribution in [-0.4, -0.2) is 16.9 Å². The van der Waals surface area contributed by atoms with E-state index in [9.17, 15) is 5.11 Å². The molecule has 0 bridgehead atoms. The second kappa shape index (κ2) is 5.19. The third-order valence-corrected chi connectivity index (χ3v) is 2.86. The lowest BCUT2D eigenvalue weighted by molar-refractivity contribution is 0.442. The number of hydrazone groups is 1. The molecule has 0 aliphatic carbocycles. The zero-order valence-electron chi connectivity index (χ0n) is 9.38. The van der Waals surface area contributed by atoms with Crippen LogP contribution in [0.4, 0.5) is 0 Å². The number of phenolic OH excluding ortho intramolecular Hbond substituents is 1. The number of hydrogen-bond acceptors (Lipinski definition) is 3. The molecule has 16 heavy (non-hydrogen) atoms. The van der Waals surface area contributed by atoms with Gasteiger partial charge in [0, 0.05) is 5.54 Å². The molecule has 1 rings (SSSR count). The van der Waals surface area contributed by atoms with Crippen LogP contribution in [0.1, 0.15) is 26.3 Å². The largest absolute Gasteiger partial charge is 0.506 e. The third kappa shape index (κ3) is 4.14. The predicted molar refractivity (Wildman–Crippen MR) is 74.0 cm³/mol. The topological polar surface area (TPSA) is 44.6 Å². The van der Waals surface area contributed by atoms with Crippen LogP contribution in [0.25, 0.3) is 0 Å². The van der Waals surface area contributed by atoms with E-state index in [0.717, 1.165) is 5.56 Å². The lowest BCUT2D eigenvalue weighted by Crippen LogP contribution is -2.31. The highest BCUT2D eigenvalue weighted by atomic mass is 79.9. The Kier molecular flexibility index (Phi) is 4.38. The third-order valence-electron chi connectivity index (χ3n) is 1.65. The fourth-order valence-electron chi connectivity index (χ4n) is 0.960. The van der Waals surface area contributed by atoms with Gasteiger partial charge in [-0.15, -0.1) is 0 Å². The highest BCUT2D eigenvalue weighted by Crippen LogP contribution is 2.32. The van der Waals surface area contributed by atoms with E-state index in [1.165, 1.54) is 0 Å². The number of rotatable bonds is 2. The second-order valence-corrected chi connectivity index (χ2v) is 6.16. The predicted octanol–water partition coefficient (Wildman–Crippen LogP) is 3.64. The number of nitrogens with zero attached hydrogens (tertiary/aromatic N) is 1. The number of aromatic hydroxyl groups is 1. The zero-order chi connectivity index (χ0) is 12.3. The molecule has 0 atom stereocenters. The summed E-state index contributed by atoms with van der Waals surface area (Å²) in [4.78, 5) is 0. The lowest BCUT2D eigenvalue weighted by Gasteiger charge is -2.17. The van der Waals surface area contributed by atoms with Crippen molar-refractivity contribution in [2.24, 2.45) is 5.10 Å². The summed E-state index contributed by atoms with van der Waals surface area (Å²) in [5.74, 6) is 0.195. The van der Waals surface area contributed by atoms with Gasteiger partial charge in [-0.2, -0.15) is 5.10 Å². The molecule has 0 aliphatic heterocycles. The van der Waals surface area contributed by atoms with Crippen molar-refractivity contribution >= 4 is 38.1 Å². The van der Waals surface area contributed by atoms with Crippen LogP contribution < -0.4 is 5.43 Å². The van der Waals surface area contributed by atoms with Crippen LogP contribution in [-0.2, 0) is 0 Å². The van der Waals surface area contributed by atoms with Gasteiger partial charge in [-0.1, -0.05) is 0 Å². The van der Waals surface area contributed by atoms with Crippen molar-refractivity contribution in [1.29, 1.82) is 0 Å². The summed E-state index contributed by atoms with van der Waals surface area (Å²) in [5, 5.41) is 13.7. The number of phenols is 1. The van der Waals surface area contributed by atoms with Crippen LogP contribution in [0.5, 0.6) is 5.75 Å². The maximum atomic E-state index is 9.53. The van der Waals surface area contributed by atoms with Gasteiger partial charge in [0.2, 0.25) is 0 Å². The molecular formula is C11H14Br2N2O. The Bertz CT molecular complexity index is 388. The highest BCUT2D eigenvalue weighted by molar-refractivity contribution is 9.11. The molecule has 0 aromatic heterocycles. The van der Waals surface area contributed by atoms with Crippen molar-refractivity contribution in [3.63, 3.8) is 0 Å². The molecule has 88 valence electrons. The summed E-state index contributed by atoms with van der Waals surface area (Å²) < 4.78 is 1.28. The summed E-state index contributed by atoms with van der Waals surface area (Å²) in [6.45, 7) is 6.10. The molecule has 0 unspecified atom stereocenters. The van der Waals surface area contributed by atoms with Gasteiger partial charge in [0.05, 0.1) is 15.2 Å². The Labute approximate surface area is 112 Å². The average molecular weight is 350 g/mol. The fraction of sp³-hybridized carbons (Fsp3) is 0.364. The number of nitrogens with one attached hydrogen (secondary N) is 1. The second-order valence-electron chi connectivity index (χ2n) is 4.45. The summed E-state index contributed by atoms with van der Waals surface area (Å²) >= 11 is 6.53. The molecule has 0 saturated heterocycles. The van der Waals surface area contributed by atoms with Crippen molar-refractivity contribution in [3.05, 3.63) is 26.6 Å². The SMILES string of the molecule is CC(C)(C)N/N=C/c1cc(Br)c(O)c(Br)c1. The van der Waals surface area contributed by atoms with E-state index in [1.54, 1.807) is 18.3 Å². The zero-order valence-corrected chi connectivity index (χ0v) is 12.6. The molecule has 0 aliphatic rings. The molecule has 0 fully saturated rings. The van der Waals surface area contributed by atoms with Crippen molar-refractivity contribution in [1.82, 2.24) is 5.43 Å². The van der Waals surface area contributed by atoms with Crippen LogP contribution in [0.15, 0.2) is 26.2 Å². The molecule has 0 radical (unpaired) electrons. The van der Waals surface area contributed by atoms with Crippen molar-refractivity contribution in [3.8, 4) is 5.75 Å². The first-order valence-corrected chi connectivity index (χ1v) is 6.36. The number of hydrogen-bond donors (Lipinski definition) is 2. The standard InChI is InChI=1S/C11H14Br2N2O/c1-11(2,3)15-14-6-7-4-8(12)10(16)9(13)5-7/h4-6,15-16H,1-3H3/b14-6+. The summed E-state index contributed by atoms with van der Waals surface area (Å²) in [6, 6.07) is 3.60. The minimum absolute atomic E-state index is 0.0537. The smallest absolute Gasteiger partial charge is 0.143 e. The van der Waals surface area contributed by atoms with Crippen molar-refractivity contribution < 1.29 is 5.11 Å². The first-order valence-electron chi connectivity index (χ1n) is 4.78. The molecule has 0 heterocycles. The van der Waals surface area contributed by atoms with Gasteiger partial charge in [0.15, 0.2) is 0 Å². The minimum atomic E-state index is -0.0537. The number of halogens is 2. The van der Waals surface area contributed by atoms with Gasteiger partial charge >= 0.3 is 0 Å². The molecule has 0 saturated carbocycles. The van der Waals surface area contributed by atoms with Gasteiger partial charge in [0.25, 0.3) is 0 Å². The quantitative estimate of drug-likeness (QED) is 0.632. The van der Waals surface area contributed by atoms with E-state index >= 15 is 0 Å². The molecule has 5 heteroatoms. The van der Waals surface area contributed by atoms with Crippen LogP contribution >= 0.6 is 31.9 Å². The van der Waals surface area contributed by atoms with Crippen LogP contribution in [0.3, 0.4) is 0 Å². The molecule has 1 aromatic rings. The van der Waals surface area contributed by atoms with Crippen molar-refractivity contribution in [2.75, 3.05) is 0 Å². The first-order chi connectivity index (χ1) is 7.29. The van der Waals surface area contributed by atoms with Crippen molar-refractivity contribution in [2.45, 2.75) is 26.3 Å². The van der Waals surface area contributed by atoms with E-state index in [4.69, 9.17) is 0 Å².